The Balaban J connectivity index is 1.24. The molecule has 2 heterocycles. The van der Waals surface area contributed by atoms with Crippen LogP contribution in [0.2, 0.25) is 0 Å². The summed E-state index contributed by atoms with van der Waals surface area (Å²) in [5, 5.41) is 1.75. The average molecular weight is 644 g/mol. The number of nitrogens with one attached hydrogen (secondary N) is 1. The highest BCUT2D eigenvalue weighted by Gasteiger charge is 2.29. The van der Waals surface area contributed by atoms with E-state index in [1.807, 2.05) is 30.3 Å². The fourth-order valence-electron chi connectivity index (χ4n) is 6.14. The van der Waals surface area contributed by atoms with Crippen LogP contribution in [-0.2, 0) is 10.0 Å². The summed E-state index contributed by atoms with van der Waals surface area (Å²) in [5.74, 6) is -1.24. The lowest BCUT2D eigenvalue weighted by Crippen LogP contribution is -2.50. The van der Waals surface area contributed by atoms with Crippen LogP contribution in [0.15, 0.2) is 89.8 Å². The van der Waals surface area contributed by atoms with E-state index in [2.05, 4.69) is 28.4 Å². The van der Waals surface area contributed by atoms with E-state index >= 15 is 0 Å². The summed E-state index contributed by atoms with van der Waals surface area (Å²) in [6.07, 6.45) is 0. The van der Waals surface area contributed by atoms with Crippen LogP contribution in [0.5, 0.6) is 0 Å². The van der Waals surface area contributed by atoms with Crippen molar-refractivity contribution in [2.24, 2.45) is 0 Å². The highest BCUT2D eigenvalue weighted by Crippen LogP contribution is 2.32. The Morgan fingerprint density at radius 2 is 1.35 bits per heavy atom. The number of anilines is 2. The van der Waals surface area contributed by atoms with Gasteiger partial charge in [0.05, 0.1) is 21.8 Å². The molecule has 1 N–H and O–H groups in total. The summed E-state index contributed by atoms with van der Waals surface area (Å²) in [5.41, 5.74) is 1.40. The number of carbonyl (C=O) groups excluding carboxylic acids is 2. The number of amides is 2. The fraction of sp³-hybridized carbons (Fsp3) is 0.314. The van der Waals surface area contributed by atoms with Crippen molar-refractivity contribution in [3.05, 3.63) is 102 Å². The van der Waals surface area contributed by atoms with Gasteiger partial charge in [0.1, 0.15) is 5.82 Å². The van der Waals surface area contributed by atoms with Crippen molar-refractivity contribution < 1.29 is 22.4 Å². The molecule has 2 fully saturated rings. The predicted octanol–water partition coefficient (Wildman–Crippen LogP) is 4.91. The zero-order valence-electron chi connectivity index (χ0n) is 26.0. The van der Waals surface area contributed by atoms with Crippen molar-refractivity contribution in [1.29, 1.82) is 0 Å². The van der Waals surface area contributed by atoms with Crippen LogP contribution in [0.25, 0.3) is 10.8 Å². The van der Waals surface area contributed by atoms with E-state index < -0.39 is 21.7 Å². The highest BCUT2D eigenvalue weighted by molar-refractivity contribution is 7.92. The molecule has 2 aliphatic heterocycles. The van der Waals surface area contributed by atoms with E-state index in [4.69, 9.17) is 0 Å². The predicted molar refractivity (Wildman–Crippen MR) is 178 cm³/mol. The zero-order chi connectivity index (χ0) is 32.4. The molecule has 0 aromatic heterocycles. The number of fused-ring (bicyclic) bond motifs is 1. The third-order valence-corrected chi connectivity index (χ3v) is 10.2. The summed E-state index contributed by atoms with van der Waals surface area (Å²) in [4.78, 5) is 34.4. The molecule has 0 spiro atoms. The Bertz CT molecular complexity index is 1870. The molecular weight excluding hydrogens is 605 g/mol. The van der Waals surface area contributed by atoms with E-state index in [1.54, 1.807) is 46.2 Å². The van der Waals surface area contributed by atoms with E-state index in [9.17, 15) is 22.4 Å². The zero-order valence-corrected chi connectivity index (χ0v) is 26.8. The maximum atomic E-state index is 14.2. The third kappa shape index (κ3) is 6.56. The van der Waals surface area contributed by atoms with Gasteiger partial charge in [-0.2, -0.15) is 0 Å². The number of halogens is 1. The maximum Gasteiger partial charge on any atom is 0.261 e. The van der Waals surface area contributed by atoms with E-state index in [0.717, 1.165) is 23.9 Å². The number of carbonyl (C=O) groups is 2. The van der Waals surface area contributed by atoms with Crippen molar-refractivity contribution in [2.45, 2.75) is 24.8 Å². The van der Waals surface area contributed by atoms with Crippen molar-refractivity contribution in [3.8, 4) is 0 Å². The van der Waals surface area contributed by atoms with Crippen LogP contribution >= 0.6 is 0 Å². The lowest BCUT2D eigenvalue weighted by Gasteiger charge is -2.39. The molecule has 11 heteroatoms. The largest absolute Gasteiger partial charge is 0.367 e. The smallest absolute Gasteiger partial charge is 0.261 e. The van der Waals surface area contributed by atoms with Gasteiger partial charge in [-0.3, -0.25) is 19.2 Å². The van der Waals surface area contributed by atoms with Gasteiger partial charge in [0.15, 0.2) is 0 Å². The Morgan fingerprint density at radius 1 is 0.717 bits per heavy atom. The van der Waals surface area contributed by atoms with Gasteiger partial charge in [-0.25, -0.2) is 12.8 Å². The number of piperazine rings is 2. The van der Waals surface area contributed by atoms with Gasteiger partial charge in [0.25, 0.3) is 21.8 Å². The van der Waals surface area contributed by atoms with Crippen molar-refractivity contribution in [1.82, 2.24) is 14.7 Å². The molecular formula is C35H38FN5O4S. The molecule has 2 aliphatic rings. The van der Waals surface area contributed by atoms with E-state index in [0.29, 0.717) is 36.1 Å². The standard InChI is InChI=1S/C35H38FN5O4S/c1-25(2)38-15-17-39(18-16-38)33-14-12-28(24-32(33)37-46(44,45)29-13-11-26-7-3-4-8-27(26)23-29)34(42)40-19-21-41(22-20-40)35(43)30-9-5-6-10-31(30)36/h3-14,23-25,37H,15-22H2,1-2H3. The summed E-state index contributed by atoms with van der Waals surface area (Å²) in [6, 6.07) is 24.0. The number of hydrogen-bond donors (Lipinski definition) is 1. The van der Waals surface area contributed by atoms with Crippen molar-refractivity contribution >= 4 is 44.0 Å². The van der Waals surface area contributed by atoms with Gasteiger partial charge in [-0.15, -0.1) is 0 Å². The fourth-order valence-corrected chi connectivity index (χ4v) is 7.24. The SMILES string of the molecule is CC(C)N1CCN(c2ccc(C(=O)N3CCN(C(=O)c4ccccc4F)CC3)cc2NS(=O)(=O)c2ccc3ccccc3c2)CC1. The topological polar surface area (TPSA) is 93.3 Å². The molecule has 46 heavy (non-hydrogen) atoms. The van der Waals surface area contributed by atoms with E-state index in [1.165, 1.54) is 18.2 Å². The second-order valence-corrected chi connectivity index (χ2v) is 13.7. The van der Waals surface area contributed by atoms with Gasteiger partial charge in [0, 0.05) is 64.0 Å². The molecule has 0 bridgehead atoms. The molecule has 4 aromatic rings. The Labute approximate surface area is 269 Å². The Morgan fingerprint density at radius 3 is 2.02 bits per heavy atom. The van der Waals surface area contributed by atoms with Gasteiger partial charge in [-0.1, -0.05) is 42.5 Å². The summed E-state index contributed by atoms with van der Waals surface area (Å²) in [6.45, 7) is 8.51. The second kappa shape index (κ2) is 13.1. The van der Waals surface area contributed by atoms with Gasteiger partial charge in [0.2, 0.25) is 0 Å². The first-order valence-electron chi connectivity index (χ1n) is 15.6. The molecule has 2 saturated heterocycles. The molecule has 4 aromatic carbocycles. The molecule has 240 valence electrons. The van der Waals surface area contributed by atoms with Crippen molar-refractivity contribution in [3.63, 3.8) is 0 Å². The monoisotopic (exact) mass is 643 g/mol. The average Bonchev–Trinajstić information content (AvgIpc) is 3.07. The number of rotatable bonds is 7. The minimum absolute atomic E-state index is 0.00966. The summed E-state index contributed by atoms with van der Waals surface area (Å²) >= 11 is 0. The quantitative estimate of drug-likeness (QED) is 0.308. The number of sulfonamides is 1. The lowest BCUT2D eigenvalue weighted by molar-refractivity contribution is 0.0533. The Kier molecular flexibility index (Phi) is 8.97. The molecule has 0 saturated carbocycles. The number of benzene rings is 4. The lowest BCUT2D eigenvalue weighted by atomic mass is 10.1. The minimum Gasteiger partial charge on any atom is -0.367 e. The third-order valence-electron chi connectivity index (χ3n) is 8.86. The van der Waals surface area contributed by atoms with Gasteiger partial charge < -0.3 is 14.7 Å². The van der Waals surface area contributed by atoms with Crippen LogP contribution in [0.3, 0.4) is 0 Å². The normalized spacial score (nSPS) is 16.2. The number of nitrogens with zero attached hydrogens (tertiary/aromatic N) is 4. The highest BCUT2D eigenvalue weighted by atomic mass is 32.2. The molecule has 0 atom stereocenters. The molecule has 0 unspecified atom stereocenters. The molecule has 6 rings (SSSR count). The first-order chi connectivity index (χ1) is 22.1. The molecule has 0 aliphatic carbocycles. The maximum absolute atomic E-state index is 14.2. The van der Waals surface area contributed by atoms with Gasteiger partial charge >= 0.3 is 0 Å². The first kappa shape index (κ1) is 31.5. The first-order valence-corrected chi connectivity index (χ1v) is 17.1. The Hall–Kier alpha value is -4.48. The number of hydrogen-bond acceptors (Lipinski definition) is 6. The van der Waals surface area contributed by atoms with E-state index in [-0.39, 0.29) is 42.5 Å². The van der Waals surface area contributed by atoms with Crippen molar-refractivity contribution in [2.75, 3.05) is 62.0 Å². The van der Waals surface area contributed by atoms with Crippen LogP contribution in [-0.4, -0.2) is 93.3 Å². The molecule has 9 nitrogen and oxygen atoms in total. The second-order valence-electron chi connectivity index (χ2n) is 12.0. The molecule has 0 radical (unpaired) electrons. The van der Waals surface area contributed by atoms with Gasteiger partial charge in [-0.05, 0) is 67.1 Å². The molecule has 2 amide bonds. The van der Waals surface area contributed by atoms with Crippen LogP contribution in [0.1, 0.15) is 34.6 Å². The summed E-state index contributed by atoms with van der Waals surface area (Å²) in [7, 11) is -3.99. The van der Waals surface area contributed by atoms with Crippen LogP contribution in [0.4, 0.5) is 15.8 Å². The minimum atomic E-state index is -3.99. The summed E-state index contributed by atoms with van der Waals surface area (Å²) < 4.78 is 44.5. The van der Waals surface area contributed by atoms with Crippen LogP contribution < -0.4 is 9.62 Å². The van der Waals surface area contributed by atoms with Crippen LogP contribution in [0, 0.1) is 5.82 Å².